The largest absolute Gasteiger partial charge is 0.446 e. The zero-order chi connectivity index (χ0) is 24.6. The van der Waals surface area contributed by atoms with Gasteiger partial charge in [0.25, 0.3) is 0 Å². The van der Waals surface area contributed by atoms with Crippen molar-refractivity contribution in [2.24, 2.45) is 0 Å². The molecule has 3 aliphatic heterocycles. The maximum Gasteiger partial charge on any atom is 0.410 e. The lowest BCUT2D eigenvalue weighted by atomic mass is 10.1. The molecule has 0 radical (unpaired) electrons. The lowest BCUT2D eigenvalue weighted by molar-refractivity contribution is 0.00995. The molecule has 188 valence electrons. The van der Waals surface area contributed by atoms with E-state index in [2.05, 4.69) is 39.1 Å². The minimum Gasteiger partial charge on any atom is -0.446 e. The number of hydrogen-bond acceptors (Lipinski definition) is 8. The van der Waals surface area contributed by atoms with Gasteiger partial charge in [-0.1, -0.05) is 30.3 Å². The number of hydrogen-bond donors (Lipinski definition) is 0. The molecular formula is C25H33N5O4S. The molecule has 0 saturated carbocycles. The van der Waals surface area contributed by atoms with E-state index >= 15 is 0 Å². The second kappa shape index (κ2) is 9.73. The van der Waals surface area contributed by atoms with Crippen molar-refractivity contribution in [2.75, 3.05) is 36.8 Å². The Morgan fingerprint density at radius 1 is 1.09 bits per heavy atom. The number of piperidine rings is 1. The minimum atomic E-state index is -3.24. The van der Waals surface area contributed by atoms with E-state index in [-0.39, 0.29) is 34.9 Å². The van der Waals surface area contributed by atoms with E-state index in [1.807, 2.05) is 29.7 Å². The zero-order valence-corrected chi connectivity index (χ0v) is 21.2. The summed E-state index contributed by atoms with van der Waals surface area (Å²) < 4.78 is 30.1. The van der Waals surface area contributed by atoms with Gasteiger partial charge < -0.3 is 9.64 Å². The molecule has 5 rings (SSSR count). The van der Waals surface area contributed by atoms with E-state index in [1.54, 1.807) is 0 Å². The molecule has 1 amide bonds. The summed E-state index contributed by atoms with van der Waals surface area (Å²) in [6, 6.07) is 10.3. The monoisotopic (exact) mass is 499 g/mol. The Labute approximate surface area is 207 Å². The molecule has 9 nitrogen and oxygen atoms in total. The van der Waals surface area contributed by atoms with Crippen molar-refractivity contribution in [1.82, 2.24) is 19.8 Å². The highest BCUT2D eigenvalue weighted by atomic mass is 32.2. The molecule has 2 aromatic rings. The van der Waals surface area contributed by atoms with Crippen molar-refractivity contribution in [2.45, 2.75) is 62.7 Å². The van der Waals surface area contributed by atoms with Crippen LogP contribution in [0.15, 0.2) is 41.4 Å². The SMILES string of the molecule is C[C@@H]1CN(c2ncc3c(n2)CCS3(=O)=O)C[C@H](C)N1C(=O)OC1CCN(Cc2ccccc2)CC1. The first-order valence-electron chi connectivity index (χ1n) is 12.4. The van der Waals surface area contributed by atoms with Crippen molar-refractivity contribution >= 4 is 21.9 Å². The van der Waals surface area contributed by atoms with Crippen LogP contribution in [0.3, 0.4) is 0 Å². The third kappa shape index (κ3) is 5.13. The summed E-state index contributed by atoms with van der Waals surface area (Å²) in [5.41, 5.74) is 1.90. The predicted molar refractivity (Wildman–Crippen MR) is 132 cm³/mol. The Morgan fingerprint density at radius 2 is 1.77 bits per heavy atom. The number of anilines is 1. The van der Waals surface area contributed by atoms with Crippen LogP contribution >= 0.6 is 0 Å². The van der Waals surface area contributed by atoms with Gasteiger partial charge in [-0.25, -0.2) is 23.2 Å². The molecule has 0 aliphatic carbocycles. The Balaban J connectivity index is 1.15. The highest BCUT2D eigenvalue weighted by molar-refractivity contribution is 7.91. The van der Waals surface area contributed by atoms with Gasteiger partial charge >= 0.3 is 6.09 Å². The Hall–Kier alpha value is -2.72. The van der Waals surface area contributed by atoms with E-state index in [0.717, 1.165) is 32.5 Å². The van der Waals surface area contributed by atoms with E-state index in [4.69, 9.17) is 4.74 Å². The van der Waals surface area contributed by atoms with Gasteiger partial charge in [0.2, 0.25) is 5.95 Å². The lowest BCUT2D eigenvalue weighted by Crippen LogP contribution is -2.59. The molecule has 2 atom stereocenters. The van der Waals surface area contributed by atoms with Gasteiger partial charge in [0.05, 0.1) is 29.7 Å². The molecule has 2 fully saturated rings. The van der Waals surface area contributed by atoms with Crippen LogP contribution in [0.2, 0.25) is 0 Å². The van der Waals surface area contributed by atoms with Crippen LogP contribution in [0.1, 0.15) is 37.9 Å². The van der Waals surface area contributed by atoms with Gasteiger partial charge in [0, 0.05) is 39.1 Å². The normalized spacial score (nSPS) is 24.9. The smallest absolute Gasteiger partial charge is 0.410 e. The van der Waals surface area contributed by atoms with Crippen LogP contribution in [0.25, 0.3) is 0 Å². The highest BCUT2D eigenvalue weighted by Gasteiger charge is 2.37. The number of piperazine rings is 1. The maximum absolute atomic E-state index is 13.1. The number of rotatable bonds is 4. The van der Waals surface area contributed by atoms with Gasteiger partial charge in [0.15, 0.2) is 9.84 Å². The van der Waals surface area contributed by atoms with Gasteiger partial charge in [-0.3, -0.25) is 9.80 Å². The third-order valence-corrected chi connectivity index (χ3v) is 8.98. The van der Waals surface area contributed by atoms with Crippen LogP contribution in [-0.4, -0.2) is 84.4 Å². The number of ether oxygens (including phenoxy) is 1. The summed E-state index contributed by atoms with van der Waals surface area (Å²) in [7, 11) is -3.24. The summed E-state index contributed by atoms with van der Waals surface area (Å²) in [6.45, 7) is 7.90. The number of fused-ring (bicyclic) bond motifs is 1. The number of amides is 1. The molecule has 0 spiro atoms. The summed E-state index contributed by atoms with van der Waals surface area (Å²) in [4.78, 5) is 28.5. The summed E-state index contributed by atoms with van der Waals surface area (Å²) in [5.74, 6) is 0.622. The fourth-order valence-electron chi connectivity index (χ4n) is 5.40. The predicted octanol–water partition coefficient (Wildman–Crippen LogP) is 2.51. The van der Waals surface area contributed by atoms with Gasteiger partial charge in [-0.05, 0) is 32.3 Å². The second-order valence-corrected chi connectivity index (χ2v) is 12.0. The van der Waals surface area contributed by atoms with Gasteiger partial charge in [-0.2, -0.15) is 0 Å². The number of likely N-dealkylation sites (tertiary alicyclic amines) is 1. The van der Waals surface area contributed by atoms with Crippen LogP contribution in [-0.2, 0) is 27.5 Å². The second-order valence-electron chi connectivity index (χ2n) is 9.90. The topological polar surface area (TPSA) is 95.9 Å². The fraction of sp³-hybridized carbons (Fsp3) is 0.560. The van der Waals surface area contributed by atoms with E-state index in [9.17, 15) is 13.2 Å². The van der Waals surface area contributed by atoms with Crippen molar-refractivity contribution in [3.8, 4) is 0 Å². The average molecular weight is 500 g/mol. The van der Waals surface area contributed by atoms with Crippen LogP contribution in [0.5, 0.6) is 0 Å². The zero-order valence-electron chi connectivity index (χ0n) is 20.3. The van der Waals surface area contributed by atoms with Crippen molar-refractivity contribution in [1.29, 1.82) is 0 Å². The van der Waals surface area contributed by atoms with Crippen LogP contribution in [0, 0.1) is 0 Å². The molecule has 3 aliphatic rings. The lowest BCUT2D eigenvalue weighted by Gasteiger charge is -2.44. The first kappa shape index (κ1) is 24.0. The van der Waals surface area contributed by atoms with E-state index in [0.29, 0.717) is 31.2 Å². The molecule has 4 heterocycles. The fourth-order valence-corrected chi connectivity index (χ4v) is 6.81. The first-order chi connectivity index (χ1) is 16.8. The number of sulfone groups is 1. The van der Waals surface area contributed by atoms with E-state index in [1.165, 1.54) is 11.8 Å². The van der Waals surface area contributed by atoms with Crippen molar-refractivity contribution < 1.29 is 17.9 Å². The van der Waals surface area contributed by atoms with Crippen molar-refractivity contribution in [3.05, 3.63) is 47.8 Å². The molecule has 1 aromatic carbocycles. The Bertz CT molecular complexity index is 1160. The molecular weight excluding hydrogens is 466 g/mol. The number of carbonyl (C=O) groups is 1. The Kier molecular flexibility index (Phi) is 6.67. The first-order valence-corrected chi connectivity index (χ1v) is 14.0. The summed E-state index contributed by atoms with van der Waals surface area (Å²) in [5, 5.41) is 0. The number of nitrogens with zero attached hydrogens (tertiary/aromatic N) is 5. The molecule has 0 bridgehead atoms. The quantitative estimate of drug-likeness (QED) is 0.633. The number of carbonyl (C=O) groups excluding carboxylic acids is 1. The highest BCUT2D eigenvalue weighted by Crippen LogP contribution is 2.27. The summed E-state index contributed by atoms with van der Waals surface area (Å²) >= 11 is 0. The maximum atomic E-state index is 13.1. The van der Waals surface area contributed by atoms with E-state index < -0.39 is 9.84 Å². The summed E-state index contributed by atoms with van der Waals surface area (Å²) in [6.07, 6.45) is 3.22. The number of aryl methyl sites for hydroxylation is 1. The molecule has 2 saturated heterocycles. The standard InChI is InChI=1S/C25H33N5O4S/c1-18-15-29(24-26-14-23-22(27-24)10-13-35(23,32)33)16-19(2)30(18)25(31)34-21-8-11-28(12-9-21)17-20-6-4-3-5-7-20/h3-7,14,18-19,21H,8-13,15-17H2,1-2H3/t18-,19+. The molecule has 0 unspecified atom stereocenters. The third-order valence-electron chi connectivity index (χ3n) is 7.22. The molecule has 35 heavy (non-hydrogen) atoms. The minimum absolute atomic E-state index is 0.0612. The molecule has 10 heteroatoms. The van der Waals surface area contributed by atoms with Crippen LogP contribution < -0.4 is 4.90 Å². The average Bonchev–Trinajstić information content (AvgIpc) is 3.14. The van der Waals surface area contributed by atoms with Crippen LogP contribution in [0.4, 0.5) is 10.7 Å². The number of benzene rings is 1. The molecule has 1 aromatic heterocycles. The number of aromatic nitrogens is 2. The van der Waals surface area contributed by atoms with Gasteiger partial charge in [0.1, 0.15) is 11.0 Å². The van der Waals surface area contributed by atoms with Gasteiger partial charge in [-0.15, -0.1) is 0 Å². The van der Waals surface area contributed by atoms with Crippen molar-refractivity contribution in [3.63, 3.8) is 0 Å². The molecule has 0 N–H and O–H groups in total. The Morgan fingerprint density at radius 3 is 2.46 bits per heavy atom.